The third-order valence-electron chi connectivity index (χ3n) is 1.27. The van der Waals surface area contributed by atoms with Crippen LogP contribution < -0.4 is 0 Å². The van der Waals surface area contributed by atoms with E-state index in [-0.39, 0.29) is 17.1 Å². The fraction of sp³-hybridized carbons (Fsp3) is 0.125. The van der Waals surface area contributed by atoms with E-state index in [1.165, 1.54) is 0 Å². The van der Waals surface area contributed by atoms with Gasteiger partial charge in [0.15, 0.2) is 0 Å². The van der Waals surface area contributed by atoms with Gasteiger partial charge in [-0.25, -0.2) is 4.79 Å². The Morgan fingerprint density at radius 1 is 1.45 bits per heavy atom. The summed E-state index contributed by atoms with van der Waals surface area (Å²) in [6.07, 6.45) is 0. The van der Waals surface area contributed by atoms with Gasteiger partial charge in [-0.2, -0.15) is 0 Å². The van der Waals surface area contributed by atoms with E-state index in [9.17, 15) is 4.79 Å². The van der Waals surface area contributed by atoms with Crippen molar-refractivity contribution in [3.05, 3.63) is 35.4 Å². The van der Waals surface area contributed by atoms with Crippen molar-refractivity contribution in [1.82, 2.24) is 0 Å². The molecule has 0 spiro atoms. The van der Waals surface area contributed by atoms with Crippen molar-refractivity contribution in [3.8, 4) is 0 Å². The summed E-state index contributed by atoms with van der Waals surface area (Å²) in [7, 11) is 0. The molecule has 0 aliphatic carbocycles. The standard InChI is InChI=1S/C8H8O2.Fe/c1-6-3-2-4-7(5-6)8(9)10;/h2-5H,1H3,(H,9,10);. The van der Waals surface area contributed by atoms with Gasteiger partial charge in [0.05, 0.1) is 5.56 Å². The van der Waals surface area contributed by atoms with Gasteiger partial charge in [0.1, 0.15) is 0 Å². The van der Waals surface area contributed by atoms with E-state index < -0.39 is 5.97 Å². The molecule has 0 radical (unpaired) electrons. The predicted octanol–water partition coefficient (Wildman–Crippen LogP) is 1.69. The zero-order valence-electron chi connectivity index (χ0n) is 6.02. The number of aryl methyl sites for hydroxylation is 1. The van der Waals surface area contributed by atoms with E-state index in [4.69, 9.17) is 5.11 Å². The smallest absolute Gasteiger partial charge is 0.335 e. The van der Waals surface area contributed by atoms with Gasteiger partial charge in [0, 0.05) is 17.1 Å². The Morgan fingerprint density at radius 3 is 2.45 bits per heavy atom. The Bertz CT molecular complexity index is 258. The minimum Gasteiger partial charge on any atom is -0.478 e. The van der Waals surface area contributed by atoms with Crippen LogP contribution in [-0.2, 0) is 17.1 Å². The SMILES string of the molecule is Cc1cccc(C(=O)O)c1.[Fe]. The number of carboxylic acid groups (broad SMARTS) is 1. The van der Waals surface area contributed by atoms with Crippen LogP contribution in [0.5, 0.6) is 0 Å². The quantitative estimate of drug-likeness (QED) is 0.687. The van der Waals surface area contributed by atoms with Crippen molar-refractivity contribution in [2.45, 2.75) is 6.92 Å². The maximum absolute atomic E-state index is 10.4. The average molecular weight is 192 g/mol. The number of carboxylic acids is 1. The number of carbonyl (C=O) groups is 1. The normalized spacial score (nSPS) is 8.45. The summed E-state index contributed by atoms with van der Waals surface area (Å²) in [6, 6.07) is 6.82. The summed E-state index contributed by atoms with van der Waals surface area (Å²) in [4.78, 5) is 10.4. The first-order chi connectivity index (χ1) is 4.70. The van der Waals surface area contributed by atoms with Crippen LogP contribution in [0.4, 0.5) is 0 Å². The van der Waals surface area contributed by atoms with E-state index in [0.717, 1.165) is 5.56 Å². The molecular formula is C8H8FeO2. The molecule has 0 heterocycles. The molecule has 0 saturated heterocycles. The average Bonchev–Trinajstić information content (AvgIpc) is 1.88. The zero-order chi connectivity index (χ0) is 7.56. The monoisotopic (exact) mass is 192 g/mol. The van der Waals surface area contributed by atoms with Crippen LogP contribution in [0.25, 0.3) is 0 Å². The molecule has 3 heteroatoms. The van der Waals surface area contributed by atoms with E-state index in [2.05, 4.69) is 0 Å². The van der Waals surface area contributed by atoms with Gasteiger partial charge in [0.25, 0.3) is 0 Å². The Kier molecular flexibility index (Phi) is 3.86. The van der Waals surface area contributed by atoms with Crippen molar-refractivity contribution < 1.29 is 27.0 Å². The molecule has 0 unspecified atom stereocenters. The van der Waals surface area contributed by atoms with Gasteiger partial charge in [-0.1, -0.05) is 17.7 Å². The fourth-order valence-electron chi connectivity index (χ4n) is 0.778. The van der Waals surface area contributed by atoms with Gasteiger partial charge in [0.2, 0.25) is 0 Å². The summed E-state index contributed by atoms with van der Waals surface area (Å²) >= 11 is 0. The maximum Gasteiger partial charge on any atom is 0.335 e. The Labute approximate surface area is 75.7 Å². The van der Waals surface area contributed by atoms with Crippen molar-refractivity contribution >= 4 is 5.97 Å². The molecule has 11 heavy (non-hydrogen) atoms. The summed E-state index contributed by atoms with van der Waals surface area (Å²) in [5.41, 5.74) is 1.32. The van der Waals surface area contributed by atoms with Gasteiger partial charge < -0.3 is 5.11 Å². The van der Waals surface area contributed by atoms with Gasteiger partial charge in [-0.3, -0.25) is 0 Å². The molecule has 0 bridgehead atoms. The molecular weight excluding hydrogens is 184 g/mol. The first-order valence-electron chi connectivity index (χ1n) is 3.00. The van der Waals surface area contributed by atoms with Crippen molar-refractivity contribution in [2.75, 3.05) is 0 Å². The molecule has 1 rings (SSSR count). The minimum absolute atomic E-state index is 0. The topological polar surface area (TPSA) is 37.3 Å². The number of benzene rings is 1. The predicted molar refractivity (Wildman–Crippen MR) is 38.1 cm³/mol. The largest absolute Gasteiger partial charge is 0.478 e. The van der Waals surface area contributed by atoms with Crippen molar-refractivity contribution in [2.24, 2.45) is 0 Å². The summed E-state index contributed by atoms with van der Waals surface area (Å²) in [5.74, 6) is -0.872. The Hall–Kier alpha value is -0.791. The first-order valence-corrected chi connectivity index (χ1v) is 3.00. The molecule has 1 N–H and O–H groups in total. The van der Waals surface area contributed by atoms with E-state index in [1.807, 2.05) is 13.0 Å². The third kappa shape index (κ3) is 2.74. The number of aromatic carboxylic acids is 1. The number of rotatable bonds is 1. The Morgan fingerprint density at radius 2 is 2.09 bits per heavy atom. The molecule has 0 saturated carbocycles. The van der Waals surface area contributed by atoms with E-state index >= 15 is 0 Å². The van der Waals surface area contributed by atoms with Crippen LogP contribution in [0, 0.1) is 6.92 Å². The number of hydrogen-bond donors (Lipinski definition) is 1. The second-order valence-corrected chi connectivity index (χ2v) is 2.17. The van der Waals surface area contributed by atoms with Crippen LogP contribution in [0.15, 0.2) is 24.3 Å². The fourth-order valence-corrected chi connectivity index (χ4v) is 0.778. The summed E-state index contributed by atoms with van der Waals surface area (Å²) < 4.78 is 0. The molecule has 2 nitrogen and oxygen atoms in total. The van der Waals surface area contributed by atoms with Crippen LogP contribution in [-0.4, -0.2) is 11.1 Å². The minimum atomic E-state index is -0.872. The second kappa shape index (κ2) is 4.16. The maximum atomic E-state index is 10.4. The molecule has 0 fully saturated rings. The second-order valence-electron chi connectivity index (χ2n) is 2.17. The van der Waals surface area contributed by atoms with E-state index in [1.54, 1.807) is 18.2 Å². The molecule has 60 valence electrons. The molecule has 0 atom stereocenters. The van der Waals surface area contributed by atoms with Crippen molar-refractivity contribution in [1.29, 1.82) is 0 Å². The Balaban J connectivity index is 0.000001000. The third-order valence-corrected chi connectivity index (χ3v) is 1.27. The van der Waals surface area contributed by atoms with Gasteiger partial charge in [-0.15, -0.1) is 0 Å². The van der Waals surface area contributed by atoms with Gasteiger partial charge >= 0.3 is 5.97 Å². The van der Waals surface area contributed by atoms with Crippen LogP contribution >= 0.6 is 0 Å². The van der Waals surface area contributed by atoms with Crippen LogP contribution in [0.3, 0.4) is 0 Å². The van der Waals surface area contributed by atoms with Crippen LogP contribution in [0.1, 0.15) is 15.9 Å². The van der Waals surface area contributed by atoms with E-state index in [0.29, 0.717) is 5.56 Å². The molecule has 0 amide bonds. The van der Waals surface area contributed by atoms with Crippen molar-refractivity contribution in [3.63, 3.8) is 0 Å². The molecule has 1 aromatic carbocycles. The molecule has 0 aliphatic heterocycles. The van der Waals surface area contributed by atoms with Crippen LogP contribution in [0.2, 0.25) is 0 Å². The first kappa shape index (κ1) is 10.2. The molecule has 0 aromatic heterocycles. The summed E-state index contributed by atoms with van der Waals surface area (Å²) in [6.45, 7) is 1.87. The molecule has 1 aromatic rings. The zero-order valence-corrected chi connectivity index (χ0v) is 7.12. The summed E-state index contributed by atoms with van der Waals surface area (Å²) in [5, 5.41) is 8.51. The molecule has 0 aliphatic rings. The van der Waals surface area contributed by atoms with Gasteiger partial charge in [-0.05, 0) is 19.1 Å². The number of hydrogen-bond acceptors (Lipinski definition) is 1.